The summed E-state index contributed by atoms with van der Waals surface area (Å²) in [4.78, 5) is 38.4. The summed E-state index contributed by atoms with van der Waals surface area (Å²) in [6.45, 7) is 23.2. The zero-order valence-corrected chi connectivity index (χ0v) is 59.9. The first-order valence-corrected chi connectivity index (χ1v) is 28.9. The number of rotatable bonds is 13. The Labute approximate surface area is 574 Å². The molecule has 8 unspecified atom stereocenters. The van der Waals surface area contributed by atoms with Gasteiger partial charge in [-0.2, -0.15) is 0 Å². The van der Waals surface area contributed by atoms with Crippen molar-refractivity contribution in [2.24, 2.45) is 56.2 Å². The predicted octanol–water partition coefficient (Wildman–Crippen LogP) is 1.14. The molecule has 0 amide bonds. The minimum absolute atomic E-state index is 0. The quantitative estimate of drug-likeness (QED) is 0.0699. The second-order valence-corrected chi connectivity index (χ2v) is 26.5. The number of aliphatic hydroxyl groups excluding tert-OH is 11. The van der Waals surface area contributed by atoms with Gasteiger partial charge >= 0.3 is 17.9 Å². The fourth-order valence-electron chi connectivity index (χ4n) is 16.1. The van der Waals surface area contributed by atoms with Crippen LogP contribution in [0.4, 0.5) is 0 Å². The molecule has 0 aromatic carbocycles. The maximum atomic E-state index is 13.5. The molecule has 0 aromatic rings. The van der Waals surface area contributed by atoms with Gasteiger partial charge in [-0.3, -0.25) is 0 Å². The first-order valence-electron chi connectivity index (χ1n) is 28.9. The molecule has 477 valence electrons. The number of hydrogen-bond acceptors (Lipinski definition) is 22. The van der Waals surface area contributed by atoms with Crippen molar-refractivity contribution in [1.82, 2.24) is 0 Å². The van der Waals surface area contributed by atoms with Crippen molar-refractivity contribution in [3.8, 4) is 0 Å². The van der Waals surface area contributed by atoms with Gasteiger partial charge in [0.15, 0.2) is 31.1 Å². The van der Waals surface area contributed by atoms with Crippen LogP contribution in [0.25, 0.3) is 0 Å². The third-order valence-electron chi connectivity index (χ3n) is 21.9. The third-order valence-corrected chi connectivity index (χ3v) is 21.9. The monoisotopic (exact) mass is 1440 g/mol. The van der Waals surface area contributed by atoms with Crippen molar-refractivity contribution in [3.63, 3.8) is 0 Å². The number of esters is 2. The van der Waals surface area contributed by atoms with Crippen molar-refractivity contribution in [1.29, 1.82) is 0 Å². The molecule has 3 saturated heterocycles. The first-order chi connectivity index (χ1) is 38.2. The van der Waals surface area contributed by atoms with Crippen molar-refractivity contribution in [2.45, 2.75) is 232 Å². The molecule has 26 heteroatoms. The van der Waals surface area contributed by atoms with Crippen LogP contribution in [0.3, 0.4) is 0 Å². The van der Waals surface area contributed by atoms with Crippen LogP contribution in [0.5, 0.6) is 0 Å². The first kappa shape index (κ1) is 77.7. The molecule has 7 fully saturated rings. The topological polar surface area (TPSA) is 368 Å². The number of aliphatic hydroxyl groups is 11. The molecule has 3 radical (unpaired) electrons. The number of fused-ring (bicyclic) bond motifs is 7. The standard InChI is InChI=1S/C41H64O7.C18H30O16.3Y/c1-13-23(3)34(45)47-32-33(48-35(46)24(4)14-2)41(22-42)27(21-36(32,6)7)26-15-16-29-38(10)19-17-25(5)37(8,9)28(38)18-20-39(29,11)40(26,12)30(43)31(41)44;1-29-18-14(34-17-10(25)8(23)6(21)4(2-19)30-17)12(11(26)13(33-18)15(27)28)32-16-9(24)7(22)5(3-20)31-16;;;/h13-15,25,27-33,42-44H,16-22H2,1-12H3;4-14,16-26H,2-3H2,1H3,(H,27,28);;;/b23-13-,24-14-;;;;/t25-,27?,28?,29?,30-,31+,32-,33-,38-,39+,40-,41-;4?,5-,6-,7+,8+,9?,10?,11-,12+,13?,14?,16-,17-,18+;;;/m00.../s1. The van der Waals surface area contributed by atoms with Gasteiger partial charge in [-0.1, -0.05) is 79.2 Å². The van der Waals surface area contributed by atoms with Gasteiger partial charge in [0.05, 0.1) is 37.4 Å². The van der Waals surface area contributed by atoms with E-state index in [1.165, 1.54) is 6.42 Å². The van der Waals surface area contributed by atoms with Crippen molar-refractivity contribution in [3.05, 3.63) is 34.9 Å². The molecule has 5 aliphatic carbocycles. The Morgan fingerprint density at radius 1 is 0.647 bits per heavy atom. The van der Waals surface area contributed by atoms with E-state index in [9.17, 15) is 75.7 Å². The summed E-state index contributed by atoms with van der Waals surface area (Å²) >= 11 is 0. The average Bonchev–Trinajstić information content (AvgIpc) is 0.935. The smallest absolute Gasteiger partial charge is 0.335 e. The van der Waals surface area contributed by atoms with E-state index in [0.29, 0.717) is 35.3 Å². The molecular formula is C59H94O23Y3. The van der Waals surface area contributed by atoms with Gasteiger partial charge in [0.2, 0.25) is 0 Å². The van der Waals surface area contributed by atoms with Crippen LogP contribution in [0.1, 0.15) is 122 Å². The molecule has 8 rings (SSSR count). The van der Waals surface area contributed by atoms with E-state index in [2.05, 4.69) is 47.6 Å². The molecule has 8 aliphatic rings. The molecular weight excluding hydrogens is 1340 g/mol. The molecule has 23 nitrogen and oxygen atoms in total. The second kappa shape index (κ2) is 29.7. The van der Waals surface area contributed by atoms with Gasteiger partial charge < -0.3 is 99.2 Å². The van der Waals surface area contributed by atoms with Gasteiger partial charge in [-0.15, -0.1) is 0 Å². The number of aliphatic carboxylic acids is 1. The van der Waals surface area contributed by atoms with Crippen molar-refractivity contribution >= 4 is 17.9 Å². The molecule has 4 saturated carbocycles. The Bertz CT molecular complexity index is 2410. The number of hydrogen-bond donors (Lipinski definition) is 12. The Morgan fingerprint density at radius 3 is 1.65 bits per heavy atom. The van der Waals surface area contributed by atoms with E-state index in [4.69, 9.17) is 37.9 Å². The molecule has 3 aliphatic heterocycles. The minimum Gasteiger partial charge on any atom is -0.479 e. The molecule has 12 N–H and O–H groups in total. The molecule has 3 heterocycles. The van der Waals surface area contributed by atoms with Gasteiger partial charge in [-0.05, 0) is 106 Å². The predicted molar refractivity (Wildman–Crippen MR) is 288 cm³/mol. The summed E-state index contributed by atoms with van der Waals surface area (Å²) in [6.07, 6.45) is -16.9. The van der Waals surface area contributed by atoms with E-state index in [1.54, 1.807) is 39.8 Å². The maximum Gasteiger partial charge on any atom is 0.335 e. The van der Waals surface area contributed by atoms with E-state index in [0.717, 1.165) is 38.4 Å². The number of ether oxygens (including phenoxy) is 8. The van der Waals surface area contributed by atoms with E-state index in [-0.39, 0.29) is 114 Å². The summed E-state index contributed by atoms with van der Waals surface area (Å²) in [5.41, 5.74) is -1.16. The molecule has 0 bridgehead atoms. The Kier molecular flexibility index (Phi) is 27.1. The summed E-state index contributed by atoms with van der Waals surface area (Å²) < 4.78 is 44.4. The average molecular weight is 1440 g/mol. The number of carboxylic acid groups (broad SMARTS) is 1. The second-order valence-electron chi connectivity index (χ2n) is 26.5. The number of methoxy groups -OCH3 is 1. The normalized spacial score (nSPS) is 46.2. The molecule has 0 aromatic heterocycles. The Balaban J connectivity index is 0.000000372. The van der Waals surface area contributed by atoms with E-state index in [1.807, 2.05) is 13.8 Å². The van der Waals surface area contributed by atoms with Crippen LogP contribution in [-0.2, 0) is 150 Å². The SMILES string of the molecule is C/C=C(/C)C(=O)O[C@H]1[C@H](OC(=O)/C(C)=C\C)[C@@]2(CO)C(CC1(C)C)C1=CCC3[C@@]4(C)CC[C@H](C)C(C)(C)C4CC[C@@]3(C)[C@]1(C)[C@@H](O)[C@H]2O.CO[C@@H]1OC(C(=O)O)[C@@H](O)[C@@H](O[C@@H]2O[C@@H](CO)[C@@H](O)C2O)C1O[C@@H]1OC(CO)[C@H](O)[C@@H](O)C1O.[Y].[Y].[Y]. The van der Waals surface area contributed by atoms with Crippen molar-refractivity contribution in [2.75, 3.05) is 26.9 Å². The fraction of sp³-hybridized carbons (Fsp3) is 0.847. The van der Waals surface area contributed by atoms with Crippen LogP contribution in [0.15, 0.2) is 34.9 Å². The summed E-state index contributed by atoms with van der Waals surface area (Å²) in [5, 5.41) is 126. The zero-order valence-electron chi connectivity index (χ0n) is 51.4. The van der Waals surface area contributed by atoms with E-state index >= 15 is 0 Å². The van der Waals surface area contributed by atoms with Gasteiger partial charge in [0.1, 0.15) is 67.1 Å². The van der Waals surface area contributed by atoms with E-state index < -0.39 is 170 Å². The van der Waals surface area contributed by atoms with Gasteiger partial charge in [0, 0.05) is 127 Å². The van der Waals surface area contributed by atoms with Crippen LogP contribution < -0.4 is 0 Å². The fourth-order valence-corrected chi connectivity index (χ4v) is 16.1. The molecule has 0 spiro atoms. The summed E-state index contributed by atoms with van der Waals surface area (Å²) in [5.74, 6) is -1.64. The van der Waals surface area contributed by atoms with Crippen LogP contribution >= 0.6 is 0 Å². The Morgan fingerprint density at radius 2 is 1.15 bits per heavy atom. The molecule has 26 atom stereocenters. The number of allylic oxidation sites excluding steroid dienone is 3. The summed E-state index contributed by atoms with van der Waals surface area (Å²) in [6, 6.07) is 0. The third kappa shape index (κ3) is 13.4. The zero-order chi connectivity index (χ0) is 61.3. The van der Waals surface area contributed by atoms with Gasteiger partial charge in [-0.25, -0.2) is 14.4 Å². The largest absolute Gasteiger partial charge is 0.479 e. The van der Waals surface area contributed by atoms with Crippen molar-refractivity contribution < 1.29 is 212 Å². The van der Waals surface area contributed by atoms with Gasteiger partial charge in [0.25, 0.3) is 0 Å². The Hall–Kier alpha value is 0.262. The van der Waals surface area contributed by atoms with Crippen LogP contribution in [0, 0.1) is 56.2 Å². The number of carbonyl (C=O) groups excluding carboxylic acids is 2. The number of carboxylic acids is 1. The maximum absolute atomic E-state index is 13.5. The minimum atomic E-state index is -1.97. The summed E-state index contributed by atoms with van der Waals surface area (Å²) in [7, 11) is 1.11. The molecule has 85 heavy (non-hydrogen) atoms. The van der Waals surface area contributed by atoms with Crippen LogP contribution in [0.2, 0.25) is 0 Å². The van der Waals surface area contributed by atoms with Crippen LogP contribution in [-0.4, -0.2) is 217 Å². The number of carbonyl (C=O) groups is 3.